The van der Waals surface area contributed by atoms with Gasteiger partial charge in [-0.15, -0.1) is 0 Å². The van der Waals surface area contributed by atoms with Crippen LogP contribution in [0.5, 0.6) is 5.75 Å². The van der Waals surface area contributed by atoms with Gasteiger partial charge in [-0.2, -0.15) is 5.10 Å². The number of nitrogens with zero attached hydrogens (tertiary/aromatic N) is 3. The average molecular weight is 443 g/mol. The van der Waals surface area contributed by atoms with Crippen LogP contribution >= 0.6 is 0 Å². The number of aromatic nitrogens is 3. The summed E-state index contributed by atoms with van der Waals surface area (Å²) in [5.74, 6) is 1.11. The molecule has 2 aromatic carbocycles. The molecule has 170 valence electrons. The minimum atomic E-state index is -0.273. The topological polar surface area (TPSA) is 69.0 Å². The number of pyridine rings is 1. The second-order valence-corrected chi connectivity index (χ2v) is 8.67. The second-order valence-electron chi connectivity index (χ2n) is 8.67. The zero-order valence-electron chi connectivity index (χ0n) is 19.4. The molecule has 0 saturated heterocycles. The number of nitrogens with one attached hydrogen (secondary N) is 1. The Balaban J connectivity index is 1.66. The highest BCUT2D eigenvalue weighted by molar-refractivity contribution is 5.82. The monoisotopic (exact) mass is 442 g/mol. The van der Waals surface area contributed by atoms with Crippen LogP contribution in [0.3, 0.4) is 0 Å². The first-order valence-corrected chi connectivity index (χ1v) is 11.3. The van der Waals surface area contributed by atoms with E-state index in [1.165, 1.54) is 0 Å². The lowest BCUT2D eigenvalue weighted by Gasteiger charge is -2.18. The number of benzene rings is 2. The molecule has 4 rings (SSSR count). The number of rotatable bonds is 9. The first-order valence-electron chi connectivity index (χ1n) is 11.3. The number of methoxy groups -OCH3 is 1. The minimum absolute atomic E-state index is 0.0559. The Morgan fingerprint density at radius 1 is 1.03 bits per heavy atom. The molecule has 0 bridgehead atoms. The molecule has 2 aromatic heterocycles. The summed E-state index contributed by atoms with van der Waals surface area (Å²) in [6.07, 6.45) is 2.71. The van der Waals surface area contributed by atoms with E-state index >= 15 is 0 Å². The summed E-state index contributed by atoms with van der Waals surface area (Å²) in [5, 5.41) is 9.15. The molecule has 1 unspecified atom stereocenters. The van der Waals surface area contributed by atoms with E-state index in [9.17, 15) is 4.79 Å². The zero-order chi connectivity index (χ0) is 23.2. The van der Waals surface area contributed by atoms with Crippen molar-refractivity contribution < 1.29 is 9.53 Å². The summed E-state index contributed by atoms with van der Waals surface area (Å²) in [6.45, 7) is 5.09. The Hall–Kier alpha value is -3.67. The molecule has 6 heteroatoms. The second kappa shape index (κ2) is 10.3. The molecule has 0 spiro atoms. The van der Waals surface area contributed by atoms with Crippen molar-refractivity contribution in [2.45, 2.75) is 39.3 Å². The summed E-state index contributed by atoms with van der Waals surface area (Å²) in [5.41, 5.74) is 3.74. The number of carbonyl (C=O) groups excluding carboxylic acids is 1. The first kappa shape index (κ1) is 22.5. The third-order valence-corrected chi connectivity index (χ3v) is 5.52. The predicted octanol–water partition coefficient (Wildman–Crippen LogP) is 4.74. The van der Waals surface area contributed by atoms with Crippen LogP contribution in [0.4, 0.5) is 0 Å². The van der Waals surface area contributed by atoms with Gasteiger partial charge in [-0.25, -0.2) is 9.67 Å². The Morgan fingerprint density at radius 2 is 1.82 bits per heavy atom. The molecule has 6 nitrogen and oxygen atoms in total. The zero-order valence-corrected chi connectivity index (χ0v) is 19.4. The summed E-state index contributed by atoms with van der Waals surface area (Å²) >= 11 is 0. The highest BCUT2D eigenvalue weighted by Gasteiger charge is 2.23. The fraction of sp³-hybridized carbons (Fsp3) is 0.296. The Kier molecular flexibility index (Phi) is 7.03. The number of hydrogen-bond donors (Lipinski definition) is 1. The molecule has 1 N–H and O–H groups in total. The van der Waals surface area contributed by atoms with E-state index in [-0.39, 0.29) is 18.4 Å². The third-order valence-electron chi connectivity index (χ3n) is 5.52. The van der Waals surface area contributed by atoms with Gasteiger partial charge in [0.05, 0.1) is 25.3 Å². The summed E-state index contributed by atoms with van der Waals surface area (Å²) in [6, 6.07) is 21.5. The highest BCUT2D eigenvalue weighted by atomic mass is 16.5. The summed E-state index contributed by atoms with van der Waals surface area (Å²) in [4.78, 5) is 17.7. The number of carbonyl (C=O) groups is 1. The highest BCUT2D eigenvalue weighted by Crippen LogP contribution is 2.26. The fourth-order valence-electron chi connectivity index (χ4n) is 4.04. The van der Waals surface area contributed by atoms with Gasteiger partial charge >= 0.3 is 0 Å². The number of fused-ring (bicyclic) bond motifs is 1. The van der Waals surface area contributed by atoms with Gasteiger partial charge < -0.3 is 10.1 Å². The van der Waals surface area contributed by atoms with E-state index in [0.717, 1.165) is 40.1 Å². The molecule has 0 aliphatic heterocycles. The maximum atomic E-state index is 13.1. The molecule has 1 amide bonds. The van der Waals surface area contributed by atoms with Crippen molar-refractivity contribution in [3.63, 3.8) is 0 Å². The lowest BCUT2D eigenvalue weighted by Crippen LogP contribution is -2.31. The molecule has 0 fully saturated rings. The number of ether oxygens (including phenoxy) is 1. The summed E-state index contributed by atoms with van der Waals surface area (Å²) < 4.78 is 7.26. The van der Waals surface area contributed by atoms with Crippen molar-refractivity contribution in [2.75, 3.05) is 7.11 Å². The van der Waals surface area contributed by atoms with Crippen LogP contribution in [-0.2, 0) is 24.2 Å². The van der Waals surface area contributed by atoms with Crippen LogP contribution < -0.4 is 10.1 Å². The van der Waals surface area contributed by atoms with Gasteiger partial charge in [0.25, 0.3) is 0 Å². The number of amides is 1. The quantitative estimate of drug-likeness (QED) is 0.407. The molecule has 0 aliphatic carbocycles. The molecular formula is C27H30N4O2. The number of hydrogen-bond acceptors (Lipinski definition) is 4. The van der Waals surface area contributed by atoms with Crippen LogP contribution in [0.15, 0.2) is 72.9 Å². The van der Waals surface area contributed by atoms with Gasteiger partial charge in [-0.05, 0) is 47.7 Å². The van der Waals surface area contributed by atoms with E-state index in [0.29, 0.717) is 12.3 Å². The van der Waals surface area contributed by atoms with E-state index in [1.807, 2.05) is 59.3 Å². The van der Waals surface area contributed by atoms with Gasteiger partial charge in [-0.1, -0.05) is 56.3 Å². The lowest BCUT2D eigenvalue weighted by molar-refractivity contribution is -0.121. The van der Waals surface area contributed by atoms with E-state index in [1.54, 1.807) is 13.3 Å². The van der Waals surface area contributed by atoms with Crippen molar-refractivity contribution in [1.29, 1.82) is 0 Å². The molecule has 0 radical (unpaired) electrons. The van der Waals surface area contributed by atoms with Crippen LogP contribution in [0.25, 0.3) is 11.0 Å². The van der Waals surface area contributed by atoms with E-state index < -0.39 is 0 Å². The van der Waals surface area contributed by atoms with Gasteiger partial charge in [0.1, 0.15) is 5.75 Å². The van der Waals surface area contributed by atoms with Gasteiger partial charge in [0, 0.05) is 18.1 Å². The fourth-order valence-corrected chi connectivity index (χ4v) is 4.04. The largest absolute Gasteiger partial charge is 0.497 e. The Morgan fingerprint density at radius 3 is 2.58 bits per heavy atom. The van der Waals surface area contributed by atoms with E-state index in [2.05, 4.69) is 36.3 Å². The normalized spacial score (nSPS) is 12.1. The van der Waals surface area contributed by atoms with E-state index in [4.69, 9.17) is 9.84 Å². The predicted molar refractivity (Wildman–Crippen MR) is 130 cm³/mol. The average Bonchev–Trinajstić information content (AvgIpc) is 3.17. The minimum Gasteiger partial charge on any atom is -0.497 e. The molecule has 2 heterocycles. The third kappa shape index (κ3) is 5.58. The van der Waals surface area contributed by atoms with Gasteiger partial charge in [0.15, 0.2) is 5.65 Å². The molecule has 0 aliphatic rings. The smallest absolute Gasteiger partial charge is 0.224 e. The molecule has 1 atom stereocenters. The first-order chi connectivity index (χ1) is 16.0. The van der Waals surface area contributed by atoms with Crippen LogP contribution in [0.2, 0.25) is 0 Å². The van der Waals surface area contributed by atoms with Crippen LogP contribution in [0, 0.1) is 5.92 Å². The van der Waals surface area contributed by atoms with Crippen molar-refractivity contribution >= 4 is 16.9 Å². The van der Waals surface area contributed by atoms with Crippen LogP contribution in [-0.4, -0.2) is 27.8 Å². The standard InChI is InChI=1S/C27H30N4O2/c1-19(2)18-31-27-23(13-8-14-28-27)26(30-31)24(16-20-9-5-4-6-10-20)29-25(32)17-21-11-7-12-22(15-21)33-3/h4-15,19,24H,16-18H2,1-3H3,(H,29,32). The van der Waals surface area contributed by atoms with Crippen LogP contribution in [0.1, 0.15) is 36.7 Å². The van der Waals surface area contributed by atoms with Crippen molar-refractivity contribution in [2.24, 2.45) is 5.92 Å². The maximum absolute atomic E-state index is 13.1. The lowest BCUT2D eigenvalue weighted by atomic mass is 10.0. The van der Waals surface area contributed by atoms with Gasteiger partial charge in [-0.3, -0.25) is 4.79 Å². The molecule has 4 aromatic rings. The van der Waals surface area contributed by atoms with Crippen molar-refractivity contribution in [3.05, 3.63) is 89.7 Å². The molecular weight excluding hydrogens is 412 g/mol. The van der Waals surface area contributed by atoms with Crippen molar-refractivity contribution in [1.82, 2.24) is 20.1 Å². The van der Waals surface area contributed by atoms with Gasteiger partial charge in [0.2, 0.25) is 5.91 Å². The SMILES string of the molecule is COc1cccc(CC(=O)NC(Cc2ccccc2)c2nn(CC(C)C)c3ncccc23)c1. The Bertz CT molecular complexity index is 1220. The maximum Gasteiger partial charge on any atom is 0.224 e. The molecule has 33 heavy (non-hydrogen) atoms. The Labute approximate surface area is 194 Å². The van der Waals surface area contributed by atoms with Crippen molar-refractivity contribution in [3.8, 4) is 5.75 Å². The summed E-state index contributed by atoms with van der Waals surface area (Å²) in [7, 11) is 1.63. The molecule has 0 saturated carbocycles.